The molecule has 0 radical (unpaired) electrons. The fourth-order valence-corrected chi connectivity index (χ4v) is 2.51. The predicted octanol–water partition coefficient (Wildman–Crippen LogP) is 1.86. The minimum Gasteiger partial charge on any atom is -0.494 e. The third-order valence-corrected chi connectivity index (χ3v) is 3.54. The van der Waals surface area contributed by atoms with Gasteiger partial charge >= 0.3 is 0 Å². The SMILES string of the molecule is CCOc1ccccc1CNC(=O)C1CCCC1O. The van der Waals surface area contributed by atoms with E-state index in [1.807, 2.05) is 31.2 Å². The minimum atomic E-state index is -0.484. The Morgan fingerprint density at radius 3 is 2.89 bits per heavy atom. The van der Waals surface area contributed by atoms with Crippen LogP contribution in [0.25, 0.3) is 0 Å². The van der Waals surface area contributed by atoms with Crippen molar-refractivity contribution in [1.29, 1.82) is 0 Å². The second-order valence-electron chi connectivity index (χ2n) is 4.86. The van der Waals surface area contributed by atoms with Gasteiger partial charge < -0.3 is 15.2 Å². The molecule has 0 aromatic heterocycles. The number of para-hydroxylation sites is 1. The van der Waals surface area contributed by atoms with Gasteiger partial charge in [0.05, 0.1) is 18.6 Å². The molecule has 0 heterocycles. The molecule has 4 nitrogen and oxygen atoms in total. The number of benzene rings is 1. The molecule has 4 heteroatoms. The monoisotopic (exact) mass is 263 g/mol. The average Bonchev–Trinajstić information content (AvgIpc) is 2.84. The average molecular weight is 263 g/mol. The van der Waals surface area contributed by atoms with E-state index >= 15 is 0 Å². The highest BCUT2D eigenvalue weighted by atomic mass is 16.5. The number of carbonyl (C=O) groups is 1. The zero-order chi connectivity index (χ0) is 13.7. The van der Waals surface area contributed by atoms with Crippen molar-refractivity contribution in [3.8, 4) is 5.75 Å². The first-order valence-corrected chi connectivity index (χ1v) is 6.89. The summed E-state index contributed by atoms with van der Waals surface area (Å²) in [7, 11) is 0. The number of carbonyl (C=O) groups excluding carboxylic acids is 1. The molecule has 1 aliphatic rings. The summed E-state index contributed by atoms with van der Waals surface area (Å²) >= 11 is 0. The maximum atomic E-state index is 12.0. The van der Waals surface area contributed by atoms with Crippen molar-refractivity contribution in [2.24, 2.45) is 5.92 Å². The smallest absolute Gasteiger partial charge is 0.225 e. The molecular formula is C15H21NO3. The molecular weight excluding hydrogens is 242 g/mol. The molecule has 1 aromatic carbocycles. The number of hydrogen-bond donors (Lipinski definition) is 2. The number of rotatable bonds is 5. The summed E-state index contributed by atoms with van der Waals surface area (Å²) in [6.45, 7) is 2.98. The lowest BCUT2D eigenvalue weighted by molar-refractivity contribution is -0.127. The summed E-state index contributed by atoms with van der Waals surface area (Å²) in [5, 5.41) is 12.6. The van der Waals surface area contributed by atoms with Crippen LogP contribution in [0.5, 0.6) is 5.75 Å². The molecule has 1 saturated carbocycles. The number of nitrogens with one attached hydrogen (secondary N) is 1. The van der Waals surface area contributed by atoms with Crippen LogP contribution in [0.15, 0.2) is 24.3 Å². The van der Waals surface area contributed by atoms with E-state index in [1.54, 1.807) is 0 Å². The lowest BCUT2D eigenvalue weighted by atomic mass is 10.1. The molecule has 0 spiro atoms. The molecule has 0 bridgehead atoms. The third-order valence-electron chi connectivity index (χ3n) is 3.54. The Kier molecular flexibility index (Phi) is 4.80. The molecule has 0 saturated heterocycles. The molecule has 1 aromatic rings. The van der Waals surface area contributed by atoms with Crippen LogP contribution in [0, 0.1) is 5.92 Å². The summed E-state index contributed by atoms with van der Waals surface area (Å²) in [5.41, 5.74) is 0.963. The highest BCUT2D eigenvalue weighted by molar-refractivity contribution is 5.79. The molecule has 2 N–H and O–H groups in total. The molecule has 2 atom stereocenters. The van der Waals surface area contributed by atoms with E-state index in [2.05, 4.69) is 5.32 Å². The van der Waals surface area contributed by atoms with Gasteiger partial charge in [0.2, 0.25) is 5.91 Å². The molecule has 0 aliphatic heterocycles. The van der Waals surface area contributed by atoms with Crippen molar-refractivity contribution in [1.82, 2.24) is 5.32 Å². The molecule has 2 unspecified atom stereocenters. The van der Waals surface area contributed by atoms with Crippen LogP contribution >= 0.6 is 0 Å². The van der Waals surface area contributed by atoms with E-state index in [4.69, 9.17) is 4.74 Å². The topological polar surface area (TPSA) is 58.6 Å². The Morgan fingerprint density at radius 2 is 2.21 bits per heavy atom. The molecule has 1 fully saturated rings. The number of ether oxygens (including phenoxy) is 1. The maximum absolute atomic E-state index is 12.0. The van der Waals surface area contributed by atoms with E-state index in [1.165, 1.54) is 0 Å². The van der Waals surface area contributed by atoms with Gasteiger partial charge in [-0.15, -0.1) is 0 Å². The second-order valence-corrected chi connectivity index (χ2v) is 4.86. The lowest BCUT2D eigenvalue weighted by Crippen LogP contribution is -2.34. The third kappa shape index (κ3) is 3.47. The lowest BCUT2D eigenvalue weighted by Gasteiger charge is -2.15. The Hall–Kier alpha value is -1.55. The van der Waals surface area contributed by atoms with E-state index in [-0.39, 0.29) is 11.8 Å². The Labute approximate surface area is 113 Å². The van der Waals surface area contributed by atoms with Crippen LogP contribution in [0.2, 0.25) is 0 Å². The fraction of sp³-hybridized carbons (Fsp3) is 0.533. The second kappa shape index (κ2) is 6.57. The van der Waals surface area contributed by atoms with Crippen LogP contribution in [0.3, 0.4) is 0 Å². The van der Waals surface area contributed by atoms with Gasteiger partial charge in [0.15, 0.2) is 0 Å². The first kappa shape index (κ1) is 13.9. The van der Waals surface area contributed by atoms with Crippen LogP contribution in [-0.2, 0) is 11.3 Å². The Balaban J connectivity index is 1.93. The van der Waals surface area contributed by atoms with Gasteiger partial charge in [0.25, 0.3) is 0 Å². The van der Waals surface area contributed by atoms with Gasteiger partial charge in [0.1, 0.15) is 5.75 Å². The van der Waals surface area contributed by atoms with Gasteiger partial charge in [-0.2, -0.15) is 0 Å². The Morgan fingerprint density at radius 1 is 1.42 bits per heavy atom. The van der Waals surface area contributed by atoms with Crippen LogP contribution in [0.4, 0.5) is 0 Å². The standard InChI is InChI=1S/C15H21NO3/c1-2-19-14-9-4-3-6-11(14)10-16-15(18)12-7-5-8-13(12)17/h3-4,6,9,12-13,17H,2,5,7-8,10H2,1H3,(H,16,18). The summed E-state index contributed by atoms with van der Waals surface area (Å²) in [6.07, 6.45) is 1.95. The van der Waals surface area contributed by atoms with E-state index in [0.717, 1.165) is 30.6 Å². The number of hydrogen-bond acceptors (Lipinski definition) is 3. The van der Waals surface area contributed by atoms with Crippen molar-refractivity contribution >= 4 is 5.91 Å². The molecule has 2 rings (SSSR count). The van der Waals surface area contributed by atoms with Gasteiger partial charge in [0, 0.05) is 12.1 Å². The van der Waals surface area contributed by atoms with Gasteiger partial charge in [-0.05, 0) is 32.3 Å². The van der Waals surface area contributed by atoms with Gasteiger partial charge in [-0.1, -0.05) is 18.2 Å². The first-order valence-electron chi connectivity index (χ1n) is 6.89. The molecule has 1 amide bonds. The summed E-state index contributed by atoms with van der Waals surface area (Å²) in [5.74, 6) is 0.493. The quantitative estimate of drug-likeness (QED) is 0.852. The van der Waals surface area contributed by atoms with E-state index in [9.17, 15) is 9.90 Å². The molecule has 19 heavy (non-hydrogen) atoms. The van der Waals surface area contributed by atoms with Crippen LogP contribution < -0.4 is 10.1 Å². The molecule has 1 aliphatic carbocycles. The van der Waals surface area contributed by atoms with Crippen molar-refractivity contribution in [3.63, 3.8) is 0 Å². The largest absolute Gasteiger partial charge is 0.494 e. The van der Waals surface area contributed by atoms with Crippen molar-refractivity contribution < 1.29 is 14.6 Å². The number of aliphatic hydroxyl groups is 1. The van der Waals surface area contributed by atoms with Gasteiger partial charge in [-0.3, -0.25) is 4.79 Å². The van der Waals surface area contributed by atoms with E-state index < -0.39 is 6.10 Å². The van der Waals surface area contributed by atoms with Crippen molar-refractivity contribution in [2.75, 3.05) is 6.61 Å². The summed E-state index contributed by atoms with van der Waals surface area (Å²) in [4.78, 5) is 12.0. The minimum absolute atomic E-state index is 0.0590. The van der Waals surface area contributed by atoms with Gasteiger partial charge in [-0.25, -0.2) is 0 Å². The highest BCUT2D eigenvalue weighted by Gasteiger charge is 2.31. The van der Waals surface area contributed by atoms with Crippen LogP contribution in [0.1, 0.15) is 31.7 Å². The first-order chi connectivity index (χ1) is 9.22. The van der Waals surface area contributed by atoms with Crippen molar-refractivity contribution in [3.05, 3.63) is 29.8 Å². The maximum Gasteiger partial charge on any atom is 0.225 e. The predicted molar refractivity (Wildman–Crippen MR) is 72.8 cm³/mol. The summed E-state index contributed by atoms with van der Waals surface area (Å²) < 4.78 is 5.52. The highest BCUT2D eigenvalue weighted by Crippen LogP contribution is 2.26. The zero-order valence-corrected chi connectivity index (χ0v) is 11.3. The molecule has 104 valence electrons. The fourth-order valence-electron chi connectivity index (χ4n) is 2.51. The van der Waals surface area contributed by atoms with Crippen molar-refractivity contribution in [2.45, 2.75) is 38.8 Å². The zero-order valence-electron chi connectivity index (χ0n) is 11.3. The number of aliphatic hydroxyl groups excluding tert-OH is 1. The van der Waals surface area contributed by atoms with Crippen LogP contribution in [-0.4, -0.2) is 23.7 Å². The Bertz CT molecular complexity index is 433. The van der Waals surface area contributed by atoms with E-state index in [0.29, 0.717) is 13.2 Å². The normalized spacial score (nSPS) is 22.2. The number of amides is 1. The summed E-state index contributed by atoms with van der Waals surface area (Å²) in [6, 6.07) is 7.68.